The smallest absolute Gasteiger partial charge is 0.269 e. The van der Waals surface area contributed by atoms with Gasteiger partial charge in [0.05, 0.1) is 12.1 Å². The summed E-state index contributed by atoms with van der Waals surface area (Å²) in [7, 11) is 0. The largest absolute Gasteiger partial charge is 0.339 e. The van der Waals surface area contributed by atoms with E-state index in [9.17, 15) is 4.79 Å². The minimum Gasteiger partial charge on any atom is -0.339 e. The highest BCUT2D eigenvalue weighted by Crippen LogP contribution is 2.38. The van der Waals surface area contributed by atoms with Gasteiger partial charge in [0.1, 0.15) is 4.88 Å². The van der Waals surface area contributed by atoms with Crippen LogP contribution in [0.3, 0.4) is 0 Å². The molecule has 1 fully saturated rings. The number of para-hydroxylation sites is 1. The Morgan fingerprint density at radius 2 is 2.21 bits per heavy atom. The van der Waals surface area contributed by atoms with E-state index in [1.54, 1.807) is 6.92 Å². The number of hydrogen-bond acceptors (Lipinski definition) is 7. The van der Waals surface area contributed by atoms with Crippen LogP contribution in [0.2, 0.25) is 0 Å². The molecule has 1 aromatic carbocycles. The molecule has 0 atom stereocenters. The molecule has 1 amide bonds. The number of nitrogens with one attached hydrogen (secondary N) is 1. The lowest BCUT2D eigenvalue weighted by molar-refractivity contribution is 0.102. The molecule has 1 aliphatic rings. The first-order valence-electron chi connectivity index (χ1n) is 7.71. The van der Waals surface area contributed by atoms with Crippen molar-refractivity contribution in [2.45, 2.75) is 32.1 Å². The lowest BCUT2D eigenvalue weighted by Crippen LogP contribution is -2.13. The second kappa shape index (κ2) is 6.12. The second-order valence-corrected chi connectivity index (χ2v) is 6.55. The molecule has 2 aromatic heterocycles. The maximum Gasteiger partial charge on any atom is 0.269 e. The lowest BCUT2D eigenvalue weighted by atomic mass is 10.1. The molecule has 1 saturated carbocycles. The van der Waals surface area contributed by atoms with Crippen LogP contribution < -0.4 is 5.32 Å². The van der Waals surface area contributed by atoms with Crippen molar-refractivity contribution in [3.8, 4) is 0 Å². The number of hydrogen-bond donors (Lipinski definition) is 1. The highest BCUT2D eigenvalue weighted by molar-refractivity contribution is 7.08. The van der Waals surface area contributed by atoms with Gasteiger partial charge in [0.25, 0.3) is 5.91 Å². The molecule has 0 radical (unpaired) electrons. The third-order valence-corrected chi connectivity index (χ3v) is 4.72. The van der Waals surface area contributed by atoms with E-state index in [4.69, 9.17) is 4.52 Å². The van der Waals surface area contributed by atoms with Gasteiger partial charge in [-0.1, -0.05) is 27.8 Å². The van der Waals surface area contributed by atoms with Crippen molar-refractivity contribution in [3.63, 3.8) is 0 Å². The molecule has 8 heteroatoms. The fourth-order valence-electron chi connectivity index (χ4n) is 2.43. The molecule has 2 heterocycles. The number of benzene rings is 1. The molecule has 0 saturated heterocycles. The third kappa shape index (κ3) is 3.05. The van der Waals surface area contributed by atoms with Crippen LogP contribution in [0.5, 0.6) is 0 Å². The summed E-state index contributed by atoms with van der Waals surface area (Å²) in [5, 5.41) is 10.8. The van der Waals surface area contributed by atoms with Crippen LogP contribution in [0.1, 0.15) is 51.4 Å². The predicted octanol–water partition coefficient (Wildman–Crippen LogP) is 2.95. The van der Waals surface area contributed by atoms with E-state index in [1.165, 1.54) is 0 Å². The summed E-state index contributed by atoms with van der Waals surface area (Å²) >= 11 is 1.09. The van der Waals surface area contributed by atoms with Gasteiger partial charge in [-0.2, -0.15) is 4.98 Å². The first-order chi connectivity index (χ1) is 11.7. The molecule has 1 N–H and O–H groups in total. The standard InChI is InChI=1S/C16H15N5O2S/c1-9-14(24-21-19-9)16(22)17-12-5-3-2-4-11(12)8-13-18-15(20-23-13)10-6-7-10/h2-5,10H,6-8H2,1H3,(H,17,22). The maximum absolute atomic E-state index is 12.4. The summed E-state index contributed by atoms with van der Waals surface area (Å²) in [5.74, 6) is 1.60. The molecule has 24 heavy (non-hydrogen) atoms. The number of aryl methyl sites for hydroxylation is 1. The van der Waals surface area contributed by atoms with Crippen LogP contribution >= 0.6 is 11.5 Å². The molecule has 0 unspecified atom stereocenters. The molecule has 7 nitrogen and oxygen atoms in total. The van der Waals surface area contributed by atoms with Gasteiger partial charge in [-0.15, -0.1) is 5.10 Å². The molecular formula is C16H15N5O2S. The highest BCUT2D eigenvalue weighted by Gasteiger charge is 2.28. The van der Waals surface area contributed by atoms with E-state index in [0.717, 1.165) is 41.4 Å². The quantitative estimate of drug-likeness (QED) is 0.767. The Kier molecular flexibility index (Phi) is 3.81. The lowest BCUT2D eigenvalue weighted by Gasteiger charge is -2.08. The van der Waals surface area contributed by atoms with Crippen molar-refractivity contribution < 1.29 is 9.32 Å². The Hall–Kier alpha value is -2.61. The van der Waals surface area contributed by atoms with Gasteiger partial charge in [0.2, 0.25) is 5.89 Å². The average molecular weight is 341 g/mol. The summed E-state index contributed by atoms with van der Waals surface area (Å²) in [6, 6.07) is 7.59. The van der Waals surface area contributed by atoms with E-state index in [0.29, 0.717) is 28.8 Å². The zero-order valence-corrected chi connectivity index (χ0v) is 13.8. The molecule has 1 aliphatic carbocycles. The van der Waals surface area contributed by atoms with Crippen LogP contribution in [0, 0.1) is 6.92 Å². The number of aromatic nitrogens is 4. The average Bonchev–Trinajstić information content (AvgIpc) is 3.17. The summed E-state index contributed by atoms with van der Waals surface area (Å²) in [6.07, 6.45) is 2.75. The summed E-state index contributed by atoms with van der Waals surface area (Å²) in [5.41, 5.74) is 2.27. The van der Waals surface area contributed by atoms with Crippen molar-refractivity contribution >= 4 is 23.1 Å². The molecule has 3 aromatic rings. The molecule has 0 bridgehead atoms. The zero-order chi connectivity index (χ0) is 16.5. The van der Waals surface area contributed by atoms with E-state index < -0.39 is 0 Å². The van der Waals surface area contributed by atoms with Crippen molar-refractivity contribution in [1.29, 1.82) is 0 Å². The Balaban J connectivity index is 1.53. The van der Waals surface area contributed by atoms with Crippen molar-refractivity contribution in [2.75, 3.05) is 5.32 Å². The molecule has 122 valence electrons. The minimum atomic E-state index is -0.209. The number of carbonyl (C=O) groups excluding carboxylic acids is 1. The van der Waals surface area contributed by atoms with Crippen LogP contribution in [0.25, 0.3) is 0 Å². The molecule has 0 spiro atoms. The zero-order valence-electron chi connectivity index (χ0n) is 13.0. The van der Waals surface area contributed by atoms with Crippen molar-refractivity contribution in [1.82, 2.24) is 19.7 Å². The minimum absolute atomic E-state index is 0.209. The van der Waals surface area contributed by atoms with Gasteiger partial charge in [-0.25, -0.2) is 0 Å². The van der Waals surface area contributed by atoms with E-state index >= 15 is 0 Å². The van der Waals surface area contributed by atoms with Crippen LogP contribution in [0.4, 0.5) is 5.69 Å². The topological polar surface area (TPSA) is 93.8 Å². The van der Waals surface area contributed by atoms with Crippen LogP contribution in [0.15, 0.2) is 28.8 Å². The molecular weight excluding hydrogens is 326 g/mol. The number of amides is 1. The first-order valence-corrected chi connectivity index (χ1v) is 8.48. The first kappa shape index (κ1) is 14.9. The van der Waals surface area contributed by atoms with E-state index in [1.807, 2.05) is 24.3 Å². The number of anilines is 1. The molecule has 0 aliphatic heterocycles. The van der Waals surface area contributed by atoms with Gasteiger partial charge in [-0.3, -0.25) is 4.79 Å². The Bertz CT molecular complexity index is 884. The van der Waals surface area contributed by atoms with Gasteiger partial charge >= 0.3 is 0 Å². The van der Waals surface area contributed by atoms with Gasteiger partial charge in [0.15, 0.2) is 5.82 Å². The van der Waals surface area contributed by atoms with Crippen molar-refractivity contribution in [3.05, 3.63) is 52.1 Å². The van der Waals surface area contributed by atoms with E-state index in [2.05, 4.69) is 25.0 Å². The third-order valence-electron chi connectivity index (χ3n) is 3.89. The second-order valence-electron chi connectivity index (χ2n) is 5.80. The predicted molar refractivity (Wildman–Crippen MR) is 88.1 cm³/mol. The fourth-order valence-corrected chi connectivity index (χ4v) is 2.98. The van der Waals surface area contributed by atoms with Gasteiger partial charge < -0.3 is 9.84 Å². The Morgan fingerprint density at radius 1 is 1.38 bits per heavy atom. The Morgan fingerprint density at radius 3 is 2.96 bits per heavy atom. The highest BCUT2D eigenvalue weighted by atomic mass is 32.1. The van der Waals surface area contributed by atoms with Crippen LogP contribution in [-0.2, 0) is 6.42 Å². The normalized spacial score (nSPS) is 13.9. The fraction of sp³-hybridized carbons (Fsp3) is 0.312. The number of nitrogens with zero attached hydrogens (tertiary/aromatic N) is 4. The Labute approximate surface area is 142 Å². The summed E-state index contributed by atoms with van der Waals surface area (Å²) in [4.78, 5) is 17.3. The van der Waals surface area contributed by atoms with Crippen LogP contribution in [-0.4, -0.2) is 25.6 Å². The molecule has 4 rings (SSSR count). The SMILES string of the molecule is Cc1nnsc1C(=O)Nc1ccccc1Cc1nc(C2CC2)no1. The summed E-state index contributed by atoms with van der Waals surface area (Å²) < 4.78 is 9.13. The summed E-state index contributed by atoms with van der Waals surface area (Å²) in [6.45, 7) is 1.77. The monoisotopic (exact) mass is 341 g/mol. The number of carbonyl (C=O) groups is 1. The maximum atomic E-state index is 12.4. The van der Waals surface area contributed by atoms with Gasteiger partial charge in [-0.05, 0) is 42.9 Å². The van der Waals surface area contributed by atoms with Gasteiger partial charge in [0, 0.05) is 11.6 Å². The van der Waals surface area contributed by atoms with Crippen molar-refractivity contribution in [2.24, 2.45) is 0 Å². The number of rotatable bonds is 5. The van der Waals surface area contributed by atoms with E-state index in [-0.39, 0.29) is 5.91 Å².